The van der Waals surface area contributed by atoms with Gasteiger partial charge in [0.1, 0.15) is 0 Å². The number of hydrogen-bond acceptors (Lipinski definition) is 1. The van der Waals surface area contributed by atoms with Gasteiger partial charge in [-0.2, -0.15) is 0 Å². The summed E-state index contributed by atoms with van der Waals surface area (Å²) < 4.78 is 2.18. The maximum atomic E-state index is 4.40. The molecule has 3 rings (SSSR count). The third kappa shape index (κ3) is 2.51. The van der Waals surface area contributed by atoms with Gasteiger partial charge in [0.25, 0.3) is 0 Å². The number of benzene rings is 2. The van der Waals surface area contributed by atoms with Crippen LogP contribution >= 0.6 is 0 Å². The summed E-state index contributed by atoms with van der Waals surface area (Å²) in [6.45, 7) is 2.98. The second-order valence-corrected chi connectivity index (χ2v) is 4.35. The molecule has 86 valence electrons. The second kappa shape index (κ2) is 5.45. The number of nitrogens with zero attached hydrogens (tertiary/aromatic N) is 2. The van der Waals surface area contributed by atoms with Crippen molar-refractivity contribution < 1.29 is 19.5 Å². The van der Waals surface area contributed by atoms with Crippen molar-refractivity contribution in [1.29, 1.82) is 0 Å². The van der Waals surface area contributed by atoms with Gasteiger partial charge in [-0.1, -0.05) is 42.0 Å². The summed E-state index contributed by atoms with van der Waals surface area (Å²) in [5, 5.41) is 0. The second-order valence-electron chi connectivity index (χ2n) is 4.35. The van der Waals surface area contributed by atoms with Crippen LogP contribution in [0.3, 0.4) is 0 Å². The summed E-state index contributed by atoms with van der Waals surface area (Å²) in [7, 11) is 0. The predicted molar refractivity (Wildman–Crippen MR) is 70.0 cm³/mol. The normalized spacial score (nSPS) is 10.3. The fourth-order valence-electron chi connectivity index (χ4n) is 2.03. The molecule has 0 unspecified atom stereocenters. The largest absolute Gasteiger partial charge is 0.326 e. The van der Waals surface area contributed by atoms with Crippen molar-refractivity contribution in [2.75, 3.05) is 0 Å². The van der Waals surface area contributed by atoms with E-state index in [0.717, 1.165) is 12.1 Å². The van der Waals surface area contributed by atoms with Gasteiger partial charge in [0.05, 0.1) is 17.4 Å². The van der Waals surface area contributed by atoms with E-state index in [2.05, 4.69) is 52.9 Å². The summed E-state index contributed by atoms with van der Waals surface area (Å²) in [5.74, 6) is 0. The molecule has 18 heavy (non-hydrogen) atoms. The van der Waals surface area contributed by atoms with Gasteiger partial charge in [-0.15, -0.1) is 0 Å². The molecule has 3 heteroatoms. The summed E-state index contributed by atoms with van der Waals surface area (Å²) in [6.07, 6.45) is 1.91. The number of imidazole rings is 1. The quantitative estimate of drug-likeness (QED) is 0.661. The van der Waals surface area contributed by atoms with E-state index < -0.39 is 0 Å². The minimum absolute atomic E-state index is 0. The first-order chi connectivity index (χ1) is 8.33. The van der Waals surface area contributed by atoms with Crippen LogP contribution in [-0.2, 0) is 26.0 Å². The van der Waals surface area contributed by atoms with Crippen LogP contribution in [0.25, 0.3) is 11.0 Å². The third-order valence-electron chi connectivity index (χ3n) is 3.00. The Hall–Kier alpha value is -1.47. The molecule has 0 amide bonds. The molecule has 3 aromatic rings. The van der Waals surface area contributed by atoms with Gasteiger partial charge in [-0.05, 0) is 24.6 Å². The zero-order chi connectivity index (χ0) is 11.7. The molecule has 2 aromatic carbocycles. The van der Waals surface area contributed by atoms with Gasteiger partial charge in [0, 0.05) is 26.0 Å². The number of rotatable bonds is 2. The van der Waals surface area contributed by atoms with Gasteiger partial charge in [-0.3, -0.25) is 0 Å². The minimum Gasteiger partial charge on any atom is -0.326 e. The molecular weight excluding hydrogens is 274 g/mol. The van der Waals surface area contributed by atoms with Crippen molar-refractivity contribution in [3.05, 3.63) is 66.0 Å². The van der Waals surface area contributed by atoms with E-state index in [-0.39, 0.29) is 19.5 Å². The van der Waals surface area contributed by atoms with E-state index in [4.69, 9.17) is 0 Å². The Bertz CT molecular complexity index is 641. The zero-order valence-electron chi connectivity index (χ0n) is 10.5. The van der Waals surface area contributed by atoms with Gasteiger partial charge < -0.3 is 4.57 Å². The number of aryl methyl sites for hydroxylation is 1. The number of aromatic nitrogens is 2. The van der Waals surface area contributed by atoms with E-state index in [1.165, 1.54) is 16.6 Å². The van der Waals surface area contributed by atoms with Crippen LogP contribution in [0.15, 0.2) is 54.9 Å². The minimum atomic E-state index is 0. The standard InChI is InChI=1S/C15H14N2.Zn/c1-12-6-8-13(9-7-12)10-17-11-16-14-4-2-3-5-15(14)17;/h2-9,11H,10H2,1H3;. The van der Waals surface area contributed by atoms with Crippen LogP contribution in [0, 0.1) is 6.92 Å². The molecule has 0 N–H and O–H groups in total. The summed E-state index contributed by atoms with van der Waals surface area (Å²) >= 11 is 0. The van der Waals surface area contributed by atoms with Crippen LogP contribution in [0.2, 0.25) is 0 Å². The topological polar surface area (TPSA) is 17.8 Å². The Kier molecular flexibility index (Phi) is 3.93. The fourth-order valence-corrected chi connectivity index (χ4v) is 2.03. The van der Waals surface area contributed by atoms with Gasteiger partial charge in [0.15, 0.2) is 0 Å². The third-order valence-corrected chi connectivity index (χ3v) is 3.00. The van der Waals surface area contributed by atoms with Gasteiger partial charge >= 0.3 is 0 Å². The summed E-state index contributed by atoms with van der Waals surface area (Å²) in [6, 6.07) is 16.9. The van der Waals surface area contributed by atoms with Crippen molar-refractivity contribution in [2.45, 2.75) is 13.5 Å². The van der Waals surface area contributed by atoms with Crippen LogP contribution < -0.4 is 0 Å². The Morgan fingerprint density at radius 2 is 1.72 bits per heavy atom. The first-order valence-electron chi connectivity index (χ1n) is 5.78. The average Bonchev–Trinajstić information content (AvgIpc) is 2.76. The maximum Gasteiger partial charge on any atom is 0.0961 e. The van der Waals surface area contributed by atoms with Crippen molar-refractivity contribution in [2.24, 2.45) is 0 Å². The Morgan fingerprint density at radius 1 is 1.00 bits per heavy atom. The molecule has 1 heterocycles. The Morgan fingerprint density at radius 3 is 2.50 bits per heavy atom. The van der Waals surface area contributed by atoms with Crippen LogP contribution in [-0.4, -0.2) is 9.55 Å². The fraction of sp³-hybridized carbons (Fsp3) is 0.133. The first kappa shape index (κ1) is 13.0. The monoisotopic (exact) mass is 286 g/mol. The maximum absolute atomic E-state index is 4.40. The van der Waals surface area contributed by atoms with E-state index in [1.807, 2.05) is 18.5 Å². The SMILES string of the molecule is Cc1ccc(Cn2cnc3ccccc32)cc1.[Zn]. The van der Waals surface area contributed by atoms with Crippen molar-refractivity contribution in [3.63, 3.8) is 0 Å². The smallest absolute Gasteiger partial charge is 0.0961 e. The molecule has 1 aromatic heterocycles. The molecule has 0 aliphatic rings. The average molecular weight is 288 g/mol. The number of fused-ring (bicyclic) bond motifs is 1. The van der Waals surface area contributed by atoms with Crippen LogP contribution in [0.5, 0.6) is 0 Å². The number of para-hydroxylation sites is 2. The molecular formula is C15H14N2Zn. The molecule has 0 aliphatic carbocycles. The van der Waals surface area contributed by atoms with Crippen molar-refractivity contribution >= 4 is 11.0 Å². The molecule has 0 fully saturated rings. The zero-order valence-corrected chi connectivity index (χ0v) is 13.5. The molecule has 0 spiro atoms. The van der Waals surface area contributed by atoms with Crippen molar-refractivity contribution in [3.8, 4) is 0 Å². The first-order valence-corrected chi connectivity index (χ1v) is 5.78. The molecule has 0 bridgehead atoms. The number of hydrogen-bond donors (Lipinski definition) is 0. The predicted octanol–water partition coefficient (Wildman–Crippen LogP) is 3.39. The summed E-state index contributed by atoms with van der Waals surface area (Å²) in [4.78, 5) is 4.40. The Labute approximate surface area is 119 Å². The van der Waals surface area contributed by atoms with E-state index in [9.17, 15) is 0 Å². The molecule has 0 saturated carbocycles. The van der Waals surface area contributed by atoms with Crippen LogP contribution in [0.4, 0.5) is 0 Å². The van der Waals surface area contributed by atoms with E-state index in [0.29, 0.717) is 0 Å². The van der Waals surface area contributed by atoms with Crippen molar-refractivity contribution in [1.82, 2.24) is 9.55 Å². The Balaban J connectivity index is 0.00000120. The van der Waals surface area contributed by atoms with E-state index in [1.54, 1.807) is 0 Å². The molecule has 2 nitrogen and oxygen atoms in total. The van der Waals surface area contributed by atoms with Gasteiger partial charge in [0.2, 0.25) is 0 Å². The molecule has 0 aliphatic heterocycles. The van der Waals surface area contributed by atoms with Crippen LogP contribution in [0.1, 0.15) is 11.1 Å². The molecule has 0 saturated heterocycles. The van der Waals surface area contributed by atoms with Gasteiger partial charge in [-0.25, -0.2) is 4.98 Å². The van der Waals surface area contributed by atoms with E-state index >= 15 is 0 Å². The molecule has 0 atom stereocenters. The molecule has 0 radical (unpaired) electrons. The summed E-state index contributed by atoms with van der Waals surface area (Å²) in [5.41, 5.74) is 4.84.